The van der Waals surface area contributed by atoms with E-state index in [0.717, 1.165) is 46.6 Å². The molecule has 0 saturated carbocycles. The lowest BCUT2D eigenvalue weighted by molar-refractivity contribution is 0.386. The summed E-state index contributed by atoms with van der Waals surface area (Å²) in [5.41, 5.74) is 4.24. The largest absolute Gasteiger partial charge is 0.497 e. The van der Waals surface area contributed by atoms with Gasteiger partial charge in [0.15, 0.2) is 0 Å². The van der Waals surface area contributed by atoms with E-state index in [2.05, 4.69) is 10.3 Å². The van der Waals surface area contributed by atoms with Crippen molar-refractivity contribution >= 4 is 23.3 Å². The number of hydrogen-bond donors (Lipinski definition) is 2. The Hall–Kier alpha value is -2.24. The monoisotopic (exact) mass is 362 g/mol. The van der Waals surface area contributed by atoms with Gasteiger partial charge in [-0.2, -0.15) is 0 Å². The first-order valence-electron chi connectivity index (χ1n) is 7.96. The molecule has 1 aliphatic rings. The van der Waals surface area contributed by atoms with Gasteiger partial charge in [-0.15, -0.1) is 12.4 Å². The van der Waals surface area contributed by atoms with Crippen LogP contribution in [0.4, 0.5) is 4.39 Å². The Morgan fingerprint density at radius 3 is 2.68 bits per heavy atom. The number of hydrogen-bond acceptors (Lipinski definition) is 3. The molecule has 1 aliphatic heterocycles. The number of ether oxygens (including phenoxy) is 2. The average Bonchev–Trinajstić information content (AvgIpc) is 2.99. The maximum Gasteiger partial charge on any atom is 0.127 e. The molecule has 0 radical (unpaired) electrons. The predicted molar refractivity (Wildman–Crippen MR) is 98.6 cm³/mol. The Balaban J connectivity index is 0.00000182. The van der Waals surface area contributed by atoms with Crippen LogP contribution in [-0.4, -0.2) is 25.7 Å². The fourth-order valence-electron chi connectivity index (χ4n) is 3.52. The van der Waals surface area contributed by atoms with Crippen LogP contribution in [0, 0.1) is 5.82 Å². The summed E-state index contributed by atoms with van der Waals surface area (Å²) in [6.07, 6.45) is 0.869. The van der Waals surface area contributed by atoms with Crippen molar-refractivity contribution in [3.8, 4) is 11.5 Å². The Morgan fingerprint density at radius 2 is 1.92 bits per heavy atom. The fourth-order valence-corrected chi connectivity index (χ4v) is 3.52. The van der Waals surface area contributed by atoms with E-state index in [1.807, 2.05) is 18.2 Å². The van der Waals surface area contributed by atoms with Gasteiger partial charge in [0.05, 0.1) is 20.3 Å². The molecule has 1 aromatic heterocycles. The number of nitrogens with one attached hydrogen (secondary N) is 2. The summed E-state index contributed by atoms with van der Waals surface area (Å²) in [7, 11) is 3.29. The number of aromatic amines is 1. The minimum Gasteiger partial charge on any atom is -0.497 e. The maximum absolute atomic E-state index is 13.6. The lowest BCUT2D eigenvalue weighted by atomic mass is 9.93. The van der Waals surface area contributed by atoms with E-state index in [0.29, 0.717) is 0 Å². The zero-order valence-electron chi connectivity index (χ0n) is 14.1. The van der Waals surface area contributed by atoms with Crippen molar-refractivity contribution in [3.63, 3.8) is 0 Å². The number of aromatic nitrogens is 1. The number of rotatable bonds is 3. The SMILES string of the molecule is COc1ccc(C2NCCc3c2[nH]c2ccc(F)cc32)c(OC)c1.Cl. The van der Waals surface area contributed by atoms with Crippen molar-refractivity contribution in [2.24, 2.45) is 0 Å². The zero-order valence-corrected chi connectivity index (χ0v) is 14.9. The average molecular weight is 363 g/mol. The van der Waals surface area contributed by atoms with Crippen LogP contribution in [0.1, 0.15) is 22.9 Å². The summed E-state index contributed by atoms with van der Waals surface area (Å²) in [6, 6.07) is 10.7. The highest BCUT2D eigenvalue weighted by Crippen LogP contribution is 2.38. The Morgan fingerprint density at radius 1 is 1.08 bits per heavy atom. The molecule has 0 spiro atoms. The zero-order chi connectivity index (χ0) is 16.7. The van der Waals surface area contributed by atoms with Crippen LogP contribution in [0.25, 0.3) is 10.9 Å². The van der Waals surface area contributed by atoms with Crippen LogP contribution in [0.15, 0.2) is 36.4 Å². The van der Waals surface area contributed by atoms with Crippen LogP contribution in [0.5, 0.6) is 11.5 Å². The second-order valence-corrected chi connectivity index (χ2v) is 5.95. The first-order valence-corrected chi connectivity index (χ1v) is 7.96. The standard InChI is InChI=1S/C19H19FN2O2.ClH/c1-23-12-4-5-14(17(10-12)24-2)18-19-13(7-8-21-18)15-9-11(20)3-6-16(15)22-19;/h3-6,9-10,18,21-22H,7-8H2,1-2H3;1H. The van der Waals surface area contributed by atoms with E-state index >= 15 is 0 Å². The molecule has 25 heavy (non-hydrogen) atoms. The van der Waals surface area contributed by atoms with Gasteiger partial charge in [0.2, 0.25) is 0 Å². The molecule has 2 heterocycles. The van der Waals surface area contributed by atoms with Gasteiger partial charge in [-0.1, -0.05) is 0 Å². The molecule has 4 nitrogen and oxygen atoms in total. The van der Waals surface area contributed by atoms with Crippen LogP contribution in [-0.2, 0) is 6.42 Å². The first-order chi connectivity index (χ1) is 11.7. The number of fused-ring (bicyclic) bond motifs is 3. The third-order valence-corrected chi connectivity index (χ3v) is 4.66. The molecule has 0 bridgehead atoms. The van der Waals surface area contributed by atoms with Crippen molar-refractivity contribution in [2.45, 2.75) is 12.5 Å². The molecule has 3 aromatic rings. The van der Waals surface area contributed by atoms with E-state index in [9.17, 15) is 4.39 Å². The number of halogens is 2. The van der Waals surface area contributed by atoms with Gasteiger partial charge in [0.1, 0.15) is 17.3 Å². The van der Waals surface area contributed by atoms with Crippen molar-refractivity contribution in [2.75, 3.05) is 20.8 Å². The van der Waals surface area contributed by atoms with E-state index in [4.69, 9.17) is 9.47 Å². The molecule has 0 amide bonds. The molecule has 1 atom stereocenters. The highest BCUT2D eigenvalue weighted by atomic mass is 35.5. The molecular weight excluding hydrogens is 343 g/mol. The normalized spacial score (nSPS) is 16.2. The van der Waals surface area contributed by atoms with E-state index in [-0.39, 0.29) is 24.3 Å². The molecule has 4 rings (SSSR count). The lowest BCUT2D eigenvalue weighted by Crippen LogP contribution is -2.30. The molecule has 1 unspecified atom stereocenters. The molecular formula is C19H20ClFN2O2. The van der Waals surface area contributed by atoms with Gasteiger partial charge >= 0.3 is 0 Å². The van der Waals surface area contributed by atoms with Crippen LogP contribution < -0.4 is 14.8 Å². The quantitative estimate of drug-likeness (QED) is 0.740. The van der Waals surface area contributed by atoms with Gasteiger partial charge < -0.3 is 19.8 Å². The van der Waals surface area contributed by atoms with Crippen molar-refractivity contribution in [3.05, 3.63) is 59.0 Å². The van der Waals surface area contributed by atoms with Gasteiger partial charge in [-0.25, -0.2) is 4.39 Å². The molecule has 0 fully saturated rings. The highest BCUT2D eigenvalue weighted by Gasteiger charge is 2.27. The minimum atomic E-state index is -0.207. The maximum atomic E-state index is 13.6. The number of methoxy groups -OCH3 is 2. The predicted octanol–water partition coefficient (Wildman–Crippen LogP) is 3.98. The molecule has 0 aliphatic carbocycles. The Kier molecular flexibility index (Phi) is 4.88. The summed E-state index contributed by atoms with van der Waals surface area (Å²) in [6.45, 7) is 0.830. The van der Waals surface area contributed by atoms with Crippen LogP contribution in [0.3, 0.4) is 0 Å². The lowest BCUT2D eigenvalue weighted by Gasteiger charge is -2.26. The molecule has 2 N–H and O–H groups in total. The first kappa shape index (κ1) is 17.6. The Labute approximate surface area is 151 Å². The van der Waals surface area contributed by atoms with E-state index in [1.165, 1.54) is 11.6 Å². The summed E-state index contributed by atoms with van der Waals surface area (Å²) in [5, 5.41) is 4.50. The summed E-state index contributed by atoms with van der Waals surface area (Å²) >= 11 is 0. The molecule has 0 saturated heterocycles. The minimum absolute atomic E-state index is 0. The second-order valence-electron chi connectivity index (χ2n) is 5.95. The van der Waals surface area contributed by atoms with Gasteiger partial charge in [0, 0.05) is 34.8 Å². The van der Waals surface area contributed by atoms with Crippen LogP contribution >= 0.6 is 12.4 Å². The Bertz CT molecular complexity index is 910. The number of benzene rings is 2. The molecule has 6 heteroatoms. The van der Waals surface area contributed by atoms with E-state index < -0.39 is 0 Å². The molecule has 132 valence electrons. The summed E-state index contributed by atoms with van der Waals surface area (Å²) in [5.74, 6) is 1.32. The topological polar surface area (TPSA) is 46.3 Å². The van der Waals surface area contributed by atoms with Gasteiger partial charge in [0.25, 0.3) is 0 Å². The highest BCUT2D eigenvalue weighted by molar-refractivity contribution is 5.86. The summed E-state index contributed by atoms with van der Waals surface area (Å²) < 4.78 is 24.5. The van der Waals surface area contributed by atoms with Crippen molar-refractivity contribution < 1.29 is 13.9 Å². The smallest absolute Gasteiger partial charge is 0.127 e. The van der Waals surface area contributed by atoms with Gasteiger partial charge in [-0.05, 0) is 42.3 Å². The number of H-pyrrole nitrogens is 1. The fraction of sp³-hybridized carbons (Fsp3) is 0.263. The summed E-state index contributed by atoms with van der Waals surface area (Å²) in [4.78, 5) is 3.46. The van der Waals surface area contributed by atoms with Crippen LogP contribution in [0.2, 0.25) is 0 Å². The van der Waals surface area contributed by atoms with Crippen molar-refractivity contribution in [1.82, 2.24) is 10.3 Å². The molecule has 2 aromatic carbocycles. The van der Waals surface area contributed by atoms with Gasteiger partial charge in [-0.3, -0.25) is 0 Å². The third kappa shape index (κ3) is 2.94. The van der Waals surface area contributed by atoms with Crippen molar-refractivity contribution in [1.29, 1.82) is 0 Å². The van der Waals surface area contributed by atoms with E-state index in [1.54, 1.807) is 26.4 Å². The third-order valence-electron chi connectivity index (χ3n) is 4.66. The second kappa shape index (κ2) is 6.94.